The molecule has 4 rings (SSSR count). The van der Waals surface area contributed by atoms with Crippen molar-refractivity contribution in [2.45, 2.75) is 23.8 Å². The summed E-state index contributed by atoms with van der Waals surface area (Å²) in [5.74, 6) is 3.59. The molecule has 2 aliphatic rings. The van der Waals surface area contributed by atoms with Gasteiger partial charge in [-0.2, -0.15) is 0 Å². The first-order valence-corrected chi connectivity index (χ1v) is 9.32. The molecule has 0 bridgehead atoms. The minimum absolute atomic E-state index is 0.560. The van der Waals surface area contributed by atoms with E-state index < -0.39 is 0 Å². The third-order valence-corrected chi connectivity index (χ3v) is 7.04. The molecule has 1 aliphatic carbocycles. The molecule has 6 heteroatoms. The molecule has 0 spiro atoms. The maximum Gasteiger partial charge on any atom is 0.147 e. The van der Waals surface area contributed by atoms with Crippen LogP contribution >= 0.6 is 35.0 Å². The van der Waals surface area contributed by atoms with Gasteiger partial charge in [-0.25, -0.2) is 9.97 Å². The van der Waals surface area contributed by atoms with Crippen LogP contribution in [0, 0.1) is 24.7 Å². The Kier molecular flexibility index (Phi) is 3.94. The summed E-state index contributed by atoms with van der Waals surface area (Å²) in [6.07, 6.45) is 1.88. The van der Waals surface area contributed by atoms with Crippen LogP contribution in [-0.2, 0) is 0 Å². The van der Waals surface area contributed by atoms with Crippen LogP contribution in [0.3, 0.4) is 0 Å². The molecule has 1 aromatic carbocycles. The highest BCUT2D eigenvalue weighted by Crippen LogP contribution is 2.51. The summed E-state index contributed by atoms with van der Waals surface area (Å²) >= 11 is 13.8. The Hall–Kier alpha value is -0.970. The first kappa shape index (κ1) is 15.6. The summed E-state index contributed by atoms with van der Waals surface area (Å²) < 4.78 is 0. The largest absolute Gasteiger partial charge is 0.355 e. The molecule has 2 fully saturated rings. The van der Waals surface area contributed by atoms with Gasteiger partial charge in [0.15, 0.2) is 0 Å². The molecule has 3 nitrogen and oxygen atoms in total. The highest BCUT2D eigenvalue weighted by molar-refractivity contribution is 7.99. The number of nitrogens with zero attached hydrogens (tertiary/aromatic N) is 3. The molecule has 1 aliphatic heterocycles. The first-order valence-electron chi connectivity index (χ1n) is 7.75. The number of aryl methyl sites for hydroxylation is 1. The first-order chi connectivity index (χ1) is 11.0. The van der Waals surface area contributed by atoms with Gasteiger partial charge < -0.3 is 4.90 Å². The van der Waals surface area contributed by atoms with Crippen molar-refractivity contribution >= 4 is 40.8 Å². The number of fused-ring (bicyclic) bond motifs is 1. The molecule has 3 atom stereocenters. The Labute approximate surface area is 150 Å². The molecule has 0 N–H and O–H groups in total. The SMILES string of the molecule is Cc1nc(N2C[C@@H]3C(C)[C@@H]3C2)cnc1Sc1cccc(Cl)c1Cl. The third-order valence-electron chi connectivity index (χ3n) is 4.96. The van der Waals surface area contributed by atoms with Crippen molar-refractivity contribution in [1.29, 1.82) is 0 Å². The lowest BCUT2D eigenvalue weighted by molar-refractivity contribution is 0.680. The van der Waals surface area contributed by atoms with Crippen LogP contribution in [0.1, 0.15) is 12.6 Å². The second kappa shape index (κ2) is 5.83. The number of rotatable bonds is 3. The zero-order chi connectivity index (χ0) is 16.1. The van der Waals surface area contributed by atoms with Gasteiger partial charge in [0, 0.05) is 18.0 Å². The lowest BCUT2D eigenvalue weighted by Crippen LogP contribution is -2.24. The number of aromatic nitrogens is 2. The summed E-state index contributed by atoms with van der Waals surface area (Å²) in [6.45, 7) is 6.58. The third kappa shape index (κ3) is 2.81. The molecular weight excluding hydrogens is 349 g/mol. The van der Waals surface area contributed by atoms with Crippen molar-refractivity contribution in [1.82, 2.24) is 9.97 Å². The van der Waals surface area contributed by atoms with Gasteiger partial charge in [0.25, 0.3) is 0 Å². The number of anilines is 1. The van der Waals surface area contributed by atoms with Gasteiger partial charge in [-0.15, -0.1) is 0 Å². The van der Waals surface area contributed by atoms with Crippen LogP contribution in [0.5, 0.6) is 0 Å². The van der Waals surface area contributed by atoms with E-state index in [1.54, 1.807) is 6.07 Å². The molecule has 120 valence electrons. The zero-order valence-corrected chi connectivity index (χ0v) is 15.3. The molecule has 1 saturated carbocycles. The Morgan fingerprint density at radius 2 is 1.96 bits per heavy atom. The normalized spacial score (nSPS) is 25.6. The van der Waals surface area contributed by atoms with Crippen LogP contribution in [-0.4, -0.2) is 23.1 Å². The number of benzene rings is 1. The van der Waals surface area contributed by atoms with E-state index in [2.05, 4.69) is 16.8 Å². The van der Waals surface area contributed by atoms with Crippen molar-refractivity contribution in [2.75, 3.05) is 18.0 Å². The van der Waals surface area contributed by atoms with Crippen LogP contribution in [0.25, 0.3) is 0 Å². The number of piperidine rings is 1. The maximum absolute atomic E-state index is 6.26. The van der Waals surface area contributed by atoms with Gasteiger partial charge in [0.2, 0.25) is 0 Å². The zero-order valence-electron chi connectivity index (χ0n) is 13.0. The van der Waals surface area contributed by atoms with Crippen LogP contribution < -0.4 is 4.90 Å². The van der Waals surface area contributed by atoms with Gasteiger partial charge >= 0.3 is 0 Å². The minimum atomic E-state index is 0.560. The lowest BCUT2D eigenvalue weighted by Gasteiger charge is -2.20. The van der Waals surface area contributed by atoms with E-state index in [0.717, 1.165) is 52.3 Å². The summed E-state index contributed by atoms with van der Waals surface area (Å²) in [7, 11) is 0. The smallest absolute Gasteiger partial charge is 0.147 e. The Balaban J connectivity index is 1.53. The van der Waals surface area contributed by atoms with E-state index in [-0.39, 0.29) is 0 Å². The van der Waals surface area contributed by atoms with E-state index in [4.69, 9.17) is 28.2 Å². The maximum atomic E-state index is 6.26. The Bertz CT molecular complexity index is 755. The van der Waals surface area contributed by atoms with Gasteiger partial charge in [-0.1, -0.05) is 48.0 Å². The minimum Gasteiger partial charge on any atom is -0.355 e. The number of hydrogen-bond acceptors (Lipinski definition) is 4. The van der Waals surface area contributed by atoms with Crippen molar-refractivity contribution in [2.24, 2.45) is 17.8 Å². The van der Waals surface area contributed by atoms with E-state index >= 15 is 0 Å². The monoisotopic (exact) mass is 365 g/mol. The summed E-state index contributed by atoms with van der Waals surface area (Å²) in [4.78, 5) is 12.6. The van der Waals surface area contributed by atoms with E-state index in [1.165, 1.54) is 11.8 Å². The fourth-order valence-corrected chi connectivity index (χ4v) is 4.71. The number of halogens is 2. The second-order valence-electron chi connectivity index (χ2n) is 6.36. The van der Waals surface area contributed by atoms with Gasteiger partial charge in [-0.05, 0) is 36.8 Å². The fraction of sp³-hybridized carbons (Fsp3) is 0.412. The Morgan fingerprint density at radius 3 is 2.65 bits per heavy atom. The second-order valence-corrected chi connectivity index (χ2v) is 8.18. The van der Waals surface area contributed by atoms with Crippen molar-refractivity contribution in [3.8, 4) is 0 Å². The standard InChI is InChI=1S/C17H17Cl2N3S/c1-9-11-7-22(8-12(9)11)15-6-20-17(10(2)21-15)23-14-5-3-4-13(18)16(14)19/h3-6,9,11-12H,7-8H2,1-2H3/t9?,11-,12+. The van der Waals surface area contributed by atoms with Crippen molar-refractivity contribution in [3.05, 3.63) is 40.1 Å². The van der Waals surface area contributed by atoms with Crippen molar-refractivity contribution < 1.29 is 0 Å². The summed E-state index contributed by atoms with van der Waals surface area (Å²) in [6, 6.07) is 5.63. The molecule has 0 radical (unpaired) electrons. The highest BCUT2D eigenvalue weighted by atomic mass is 35.5. The average Bonchev–Trinajstić information content (AvgIpc) is 2.96. The van der Waals surface area contributed by atoms with Gasteiger partial charge in [-0.3, -0.25) is 0 Å². The quantitative estimate of drug-likeness (QED) is 0.769. The average molecular weight is 366 g/mol. The molecule has 2 heterocycles. The molecule has 2 aromatic rings. The van der Waals surface area contributed by atoms with Crippen LogP contribution in [0.4, 0.5) is 5.82 Å². The topological polar surface area (TPSA) is 29.0 Å². The molecule has 0 amide bonds. The molecular formula is C17H17Cl2N3S. The van der Waals surface area contributed by atoms with E-state index in [9.17, 15) is 0 Å². The fourth-order valence-electron chi connectivity index (χ4n) is 3.39. The van der Waals surface area contributed by atoms with E-state index in [1.807, 2.05) is 25.3 Å². The summed E-state index contributed by atoms with van der Waals surface area (Å²) in [5.41, 5.74) is 0.928. The molecule has 1 saturated heterocycles. The highest BCUT2D eigenvalue weighted by Gasteiger charge is 2.52. The van der Waals surface area contributed by atoms with E-state index in [0.29, 0.717) is 10.0 Å². The van der Waals surface area contributed by atoms with Gasteiger partial charge in [0.05, 0.1) is 21.9 Å². The number of hydrogen-bond donors (Lipinski definition) is 0. The van der Waals surface area contributed by atoms with Crippen LogP contribution in [0.15, 0.2) is 34.3 Å². The van der Waals surface area contributed by atoms with Crippen LogP contribution in [0.2, 0.25) is 10.0 Å². The molecule has 1 aromatic heterocycles. The Morgan fingerprint density at radius 1 is 1.22 bits per heavy atom. The molecule has 1 unspecified atom stereocenters. The molecule has 23 heavy (non-hydrogen) atoms. The predicted octanol–water partition coefficient (Wildman–Crippen LogP) is 4.95. The van der Waals surface area contributed by atoms with Crippen molar-refractivity contribution in [3.63, 3.8) is 0 Å². The lowest BCUT2D eigenvalue weighted by atomic mass is 10.3. The van der Waals surface area contributed by atoms with Gasteiger partial charge in [0.1, 0.15) is 10.8 Å². The summed E-state index contributed by atoms with van der Waals surface area (Å²) in [5, 5.41) is 2.00. The predicted molar refractivity (Wildman–Crippen MR) is 95.7 cm³/mol.